The minimum absolute atomic E-state index is 0.182. The summed E-state index contributed by atoms with van der Waals surface area (Å²) in [7, 11) is -3.55. The van der Waals surface area contributed by atoms with Crippen LogP contribution in [0.5, 0.6) is 5.75 Å². The lowest BCUT2D eigenvalue weighted by Gasteiger charge is -2.26. The third-order valence-electron chi connectivity index (χ3n) is 4.57. The average Bonchev–Trinajstić information content (AvgIpc) is 2.68. The molecular formula is C20H23ClN2O4S. The second-order valence-electron chi connectivity index (χ2n) is 6.74. The maximum atomic E-state index is 12.8. The number of nitrogens with zero attached hydrogens (tertiary/aromatic N) is 1. The van der Waals surface area contributed by atoms with Crippen molar-refractivity contribution < 1.29 is 17.9 Å². The first-order chi connectivity index (χ1) is 13.4. The van der Waals surface area contributed by atoms with Crippen molar-refractivity contribution in [3.63, 3.8) is 0 Å². The summed E-state index contributed by atoms with van der Waals surface area (Å²) in [5.41, 5.74) is 1.24. The largest absolute Gasteiger partial charge is 0.483 e. The number of piperidine rings is 1. The number of sulfonamides is 1. The molecule has 8 heteroatoms. The molecule has 2 aromatic rings. The van der Waals surface area contributed by atoms with E-state index in [-0.39, 0.29) is 17.4 Å². The molecule has 1 fully saturated rings. The fraction of sp³-hybridized carbons (Fsp3) is 0.350. The third-order valence-corrected chi connectivity index (χ3v) is 6.70. The molecule has 1 aliphatic heterocycles. The summed E-state index contributed by atoms with van der Waals surface area (Å²) in [5.74, 6) is 0.197. The second kappa shape index (κ2) is 8.94. The molecule has 0 saturated carbocycles. The molecular weight excluding hydrogens is 400 g/mol. The van der Waals surface area contributed by atoms with Gasteiger partial charge in [-0.25, -0.2) is 8.42 Å². The minimum Gasteiger partial charge on any atom is -0.483 e. The van der Waals surface area contributed by atoms with Gasteiger partial charge in [0.25, 0.3) is 5.91 Å². The highest BCUT2D eigenvalue weighted by Gasteiger charge is 2.26. The van der Waals surface area contributed by atoms with Gasteiger partial charge in [-0.3, -0.25) is 4.79 Å². The van der Waals surface area contributed by atoms with Crippen LogP contribution in [0.15, 0.2) is 47.4 Å². The number of amides is 1. The SMILES string of the molecule is Cc1cc(Cl)ccc1OCC(=O)Nc1cccc(S(=O)(=O)N2CCCCC2)c1. The van der Waals surface area contributed by atoms with E-state index in [9.17, 15) is 13.2 Å². The van der Waals surface area contributed by atoms with Crippen LogP contribution in [0.2, 0.25) is 5.02 Å². The Balaban J connectivity index is 1.64. The zero-order valence-corrected chi connectivity index (χ0v) is 17.2. The van der Waals surface area contributed by atoms with E-state index in [1.807, 2.05) is 6.92 Å². The van der Waals surface area contributed by atoms with E-state index in [0.717, 1.165) is 24.8 Å². The Hall–Kier alpha value is -2.09. The highest BCUT2D eigenvalue weighted by molar-refractivity contribution is 7.89. The van der Waals surface area contributed by atoms with Gasteiger partial charge in [-0.15, -0.1) is 0 Å². The molecule has 1 saturated heterocycles. The number of aryl methyl sites for hydroxylation is 1. The number of hydrogen-bond donors (Lipinski definition) is 1. The van der Waals surface area contributed by atoms with Crippen molar-refractivity contribution in [2.75, 3.05) is 25.0 Å². The van der Waals surface area contributed by atoms with Gasteiger partial charge in [0.2, 0.25) is 10.0 Å². The van der Waals surface area contributed by atoms with Gasteiger partial charge in [-0.05, 0) is 61.7 Å². The van der Waals surface area contributed by atoms with Crippen LogP contribution in [0.4, 0.5) is 5.69 Å². The van der Waals surface area contributed by atoms with Crippen molar-refractivity contribution >= 4 is 33.2 Å². The van der Waals surface area contributed by atoms with E-state index in [1.165, 1.54) is 10.4 Å². The number of halogens is 1. The van der Waals surface area contributed by atoms with Crippen molar-refractivity contribution in [2.24, 2.45) is 0 Å². The molecule has 1 heterocycles. The first kappa shape index (κ1) is 20.6. The first-order valence-corrected chi connectivity index (χ1v) is 11.0. The number of rotatable bonds is 6. The second-order valence-corrected chi connectivity index (χ2v) is 9.11. The summed E-state index contributed by atoms with van der Waals surface area (Å²) < 4.78 is 32.6. The third kappa shape index (κ3) is 5.04. The molecule has 0 spiro atoms. The summed E-state index contributed by atoms with van der Waals surface area (Å²) in [5, 5.41) is 3.28. The lowest BCUT2D eigenvalue weighted by molar-refractivity contribution is -0.118. The van der Waals surface area contributed by atoms with Gasteiger partial charge < -0.3 is 10.1 Å². The Morgan fingerprint density at radius 1 is 1.14 bits per heavy atom. The van der Waals surface area contributed by atoms with Gasteiger partial charge >= 0.3 is 0 Å². The Morgan fingerprint density at radius 3 is 2.61 bits per heavy atom. The molecule has 150 valence electrons. The molecule has 2 aromatic carbocycles. The summed E-state index contributed by atoms with van der Waals surface area (Å²) in [6.07, 6.45) is 2.80. The van der Waals surface area contributed by atoms with Crippen LogP contribution in [-0.2, 0) is 14.8 Å². The summed E-state index contributed by atoms with van der Waals surface area (Å²) >= 11 is 5.91. The van der Waals surface area contributed by atoms with Gasteiger partial charge in [0.15, 0.2) is 6.61 Å². The highest BCUT2D eigenvalue weighted by Crippen LogP contribution is 2.24. The molecule has 1 amide bonds. The van der Waals surface area contributed by atoms with Crippen molar-refractivity contribution in [1.29, 1.82) is 0 Å². The number of anilines is 1. The molecule has 0 radical (unpaired) electrons. The zero-order valence-electron chi connectivity index (χ0n) is 15.7. The van der Waals surface area contributed by atoms with Crippen LogP contribution < -0.4 is 10.1 Å². The predicted molar refractivity (Wildman–Crippen MR) is 109 cm³/mol. The minimum atomic E-state index is -3.55. The van der Waals surface area contributed by atoms with E-state index in [2.05, 4.69) is 5.32 Å². The Morgan fingerprint density at radius 2 is 1.89 bits per heavy atom. The number of ether oxygens (including phenoxy) is 1. The van der Waals surface area contributed by atoms with Gasteiger partial charge in [0.05, 0.1) is 4.90 Å². The normalized spacial score (nSPS) is 15.2. The van der Waals surface area contributed by atoms with E-state index < -0.39 is 10.0 Å². The fourth-order valence-corrected chi connectivity index (χ4v) is 4.89. The van der Waals surface area contributed by atoms with Crippen LogP contribution in [-0.4, -0.2) is 38.3 Å². The van der Waals surface area contributed by atoms with Gasteiger partial charge in [-0.1, -0.05) is 24.1 Å². The number of nitrogens with one attached hydrogen (secondary N) is 1. The van der Waals surface area contributed by atoms with Crippen molar-refractivity contribution in [3.8, 4) is 5.75 Å². The molecule has 0 unspecified atom stereocenters. The summed E-state index contributed by atoms with van der Waals surface area (Å²) in [6, 6.07) is 11.5. The standard InChI is InChI=1S/C20H23ClN2O4S/c1-15-12-16(21)8-9-19(15)27-14-20(24)22-17-6-5-7-18(13-17)28(25,26)23-10-3-2-4-11-23/h5-9,12-13H,2-4,10-11,14H2,1H3,(H,22,24). The number of hydrogen-bond acceptors (Lipinski definition) is 4. The van der Waals surface area contributed by atoms with Crippen molar-refractivity contribution in [2.45, 2.75) is 31.1 Å². The topological polar surface area (TPSA) is 75.7 Å². The van der Waals surface area contributed by atoms with E-state index in [1.54, 1.807) is 36.4 Å². The summed E-state index contributed by atoms with van der Waals surface area (Å²) in [6.45, 7) is 2.72. The Kier molecular flexibility index (Phi) is 6.59. The molecule has 1 aliphatic rings. The van der Waals surface area contributed by atoms with Gasteiger partial charge in [-0.2, -0.15) is 4.31 Å². The van der Waals surface area contributed by atoms with Crippen LogP contribution in [0.25, 0.3) is 0 Å². The monoisotopic (exact) mass is 422 g/mol. The fourth-order valence-electron chi connectivity index (χ4n) is 3.10. The average molecular weight is 423 g/mol. The smallest absolute Gasteiger partial charge is 0.262 e. The molecule has 3 rings (SSSR count). The van der Waals surface area contributed by atoms with E-state index in [4.69, 9.17) is 16.3 Å². The van der Waals surface area contributed by atoms with Gasteiger partial charge in [0, 0.05) is 23.8 Å². The van der Waals surface area contributed by atoms with Crippen molar-refractivity contribution in [1.82, 2.24) is 4.31 Å². The number of benzene rings is 2. The molecule has 0 aromatic heterocycles. The van der Waals surface area contributed by atoms with Crippen LogP contribution >= 0.6 is 11.6 Å². The first-order valence-electron chi connectivity index (χ1n) is 9.15. The quantitative estimate of drug-likeness (QED) is 0.767. The lowest BCUT2D eigenvalue weighted by atomic mass is 10.2. The molecule has 0 atom stereocenters. The highest BCUT2D eigenvalue weighted by atomic mass is 35.5. The van der Waals surface area contributed by atoms with Crippen LogP contribution in [0.1, 0.15) is 24.8 Å². The van der Waals surface area contributed by atoms with Crippen LogP contribution in [0, 0.1) is 6.92 Å². The molecule has 28 heavy (non-hydrogen) atoms. The number of carbonyl (C=O) groups is 1. The molecule has 1 N–H and O–H groups in total. The Bertz CT molecular complexity index is 956. The predicted octanol–water partition coefficient (Wildman–Crippen LogP) is 3.84. The number of carbonyl (C=O) groups excluding carboxylic acids is 1. The van der Waals surface area contributed by atoms with Gasteiger partial charge in [0.1, 0.15) is 5.75 Å². The van der Waals surface area contributed by atoms with E-state index in [0.29, 0.717) is 29.5 Å². The Labute approximate surface area is 170 Å². The maximum absolute atomic E-state index is 12.8. The maximum Gasteiger partial charge on any atom is 0.262 e. The zero-order chi connectivity index (χ0) is 20.1. The van der Waals surface area contributed by atoms with Crippen molar-refractivity contribution in [3.05, 3.63) is 53.1 Å². The molecule has 0 bridgehead atoms. The van der Waals surface area contributed by atoms with E-state index >= 15 is 0 Å². The molecule has 6 nitrogen and oxygen atoms in total. The van der Waals surface area contributed by atoms with Crippen LogP contribution in [0.3, 0.4) is 0 Å². The lowest BCUT2D eigenvalue weighted by Crippen LogP contribution is -2.35. The summed E-state index contributed by atoms with van der Waals surface area (Å²) in [4.78, 5) is 12.4. The molecule has 0 aliphatic carbocycles.